The van der Waals surface area contributed by atoms with Gasteiger partial charge in [-0.1, -0.05) is 60.2 Å². The maximum atomic E-state index is 13.1. The van der Waals surface area contributed by atoms with E-state index in [1.807, 2.05) is 44.2 Å². The van der Waals surface area contributed by atoms with Gasteiger partial charge in [0.05, 0.1) is 19.3 Å². The normalized spacial score (nSPS) is 18.8. The van der Waals surface area contributed by atoms with Gasteiger partial charge in [0.25, 0.3) is 0 Å². The molecule has 0 radical (unpaired) electrons. The molecule has 5 nitrogen and oxygen atoms in total. The van der Waals surface area contributed by atoms with Gasteiger partial charge in [-0.2, -0.15) is 0 Å². The lowest BCUT2D eigenvalue weighted by molar-refractivity contribution is -0.172. The first-order valence-electron chi connectivity index (χ1n) is 11.3. The number of hydrogen-bond donors (Lipinski definition) is 0. The SMILES string of the molecule is CCOC(=O)C1(C(=O)OCC)C/C(=C(/c2ccccc2)c2ccc(C)cc2)C(OCC)C1. The molecule has 0 aromatic heterocycles. The first-order chi connectivity index (χ1) is 15.5. The molecule has 1 fully saturated rings. The molecule has 1 aliphatic rings. The number of ether oxygens (including phenoxy) is 3. The van der Waals surface area contributed by atoms with Crippen LogP contribution in [0.25, 0.3) is 5.57 Å². The van der Waals surface area contributed by atoms with E-state index in [9.17, 15) is 9.59 Å². The Balaban J connectivity index is 2.23. The summed E-state index contributed by atoms with van der Waals surface area (Å²) in [5, 5.41) is 0. The molecule has 0 N–H and O–H groups in total. The summed E-state index contributed by atoms with van der Waals surface area (Å²) in [5.41, 5.74) is 3.69. The molecule has 170 valence electrons. The van der Waals surface area contributed by atoms with Crippen LogP contribution in [0.5, 0.6) is 0 Å². The molecule has 0 saturated heterocycles. The smallest absolute Gasteiger partial charge is 0.323 e. The van der Waals surface area contributed by atoms with Crippen LogP contribution in [0.1, 0.15) is 50.3 Å². The third-order valence-electron chi connectivity index (χ3n) is 5.84. The van der Waals surface area contributed by atoms with E-state index in [1.54, 1.807) is 13.8 Å². The lowest BCUT2D eigenvalue weighted by Gasteiger charge is -2.24. The topological polar surface area (TPSA) is 61.8 Å². The van der Waals surface area contributed by atoms with Crippen molar-refractivity contribution in [2.45, 2.75) is 46.6 Å². The summed E-state index contributed by atoms with van der Waals surface area (Å²) < 4.78 is 16.8. The lowest BCUT2D eigenvalue weighted by atomic mass is 9.84. The Bertz CT molecular complexity index is 941. The minimum atomic E-state index is -1.41. The third-order valence-corrected chi connectivity index (χ3v) is 5.84. The van der Waals surface area contributed by atoms with Gasteiger partial charge >= 0.3 is 11.9 Å². The molecule has 32 heavy (non-hydrogen) atoms. The molecule has 2 aromatic carbocycles. The van der Waals surface area contributed by atoms with Gasteiger partial charge in [0.2, 0.25) is 0 Å². The molecule has 0 spiro atoms. The Labute approximate surface area is 190 Å². The Morgan fingerprint density at radius 2 is 1.41 bits per heavy atom. The molecule has 1 atom stereocenters. The van der Waals surface area contributed by atoms with Crippen molar-refractivity contribution in [2.75, 3.05) is 19.8 Å². The Hall–Kier alpha value is -2.92. The first-order valence-corrected chi connectivity index (χ1v) is 11.3. The highest BCUT2D eigenvalue weighted by Crippen LogP contribution is 2.49. The summed E-state index contributed by atoms with van der Waals surface area (Å²) in [6.07, 6.45) is 0.00837. The van der Waals surface area contributed by atoms with Crippen molar-refractivity contribution < 1.29 is 23.8 Å². The summed E-state index contributed by atoms with van der Waals surface area (Å²) in [6, 6.07) is 18.3. The van der Waals surface area contributed by atoms with Crippen LogP contribution in [-0.4, -0.2) is 37.9 Å². The second kappa shape index (κ2) is 10.6. The molecule has 0 amide bonds. The van der Waals surface area contributed by atoms with Gasteiger partial charge in [-0.25, -0.2) is 0 Å². The summed E-state index contributed by atoms with van der Waals surface area (Å²) in [6.45, 7) is 8.30. The molecular formula is C27H32O5. The third kappa shape index (κ3) is 4.78. The summed E-state index contributed by atoms with van der Waals surface area (Å²) in [4.78, 5) is 26.2. The van der Waals surface area contributed by atoms with Crippen molar-refractivity contribution >= 4 is 17.5 Å². The highest BCUT2D eigenvalue weighted by atomic mass is 16.6. The van der Waals surface area contributed by atoms with Gasteiger partial charge in [-0.15, -0.1) is 0 Å². The Morgan fingerprint density at radius 1 is 0.844 bits per heavy atom. The number of rotatable bonds is 8. The average Bonchev–Trinajstić information content (AvgIpc) is 3.17. The molecule has 0 aliphatic heterocycles. The van der Waals surface area contributed by atoms with Gasteiger partial charge in [0.15, 0.2) is 5.41 Å². The number of esters is 2. The van der Waals surface area contributed by atoms with Gasteiger partial charge in [0.1, 0.15) is 0 Å². The van der Waals surface area contributed by atoms with Crippen molar-refractivity contribution in [1.29, 1.82) is 0 Å². The monoisotopic (exact) mass is 436 g/mol. The molecule has 1 saturated carbocycles. The fourth-order valence-corrected chi connectivity index (χ4v) is 4.36. The van der Waals surface area contributed by atoms with Crippen molar-refractivity contribution in [2.24, 2.45) is 5.41 Å². The predicted molar refractivity (Wildman–Crippen MR) is 124 cm³/mol. The van der Waals surface area contributed by atoms with E-state index in [4.69, 9.17) is 14.2 Å². The van der Waals surface area contributed by atoms with Crippen LogP contribution in [0.2, 0.25) is 0 Å². The van der Waals surface area contributed by atoms with Crippen LogP contribution in [0.3, 0.4) is 0 Å². The van der Waals surface area contributed by atoms with Gasteiger partial charge in [-0.3, -0.25) is 9.59 Å². The van der Waals surface area contributed by atoms with E-state index < -0.39 is 23.5 Å². The number of aryl methyl sites for hydroxylation is 1. The highest BCUT2D eigenvalue weighted by Gasteiger charge is 2.57. The van der Waals surface area contributed by atoms with E-state index >= 15 is 0 Å². The van der Waals surface area contributed by atoms with Crippen LogP contribution < -0.4 is 0 Å². The number of carbonyl (C=O) groups excluding carboxylic acids is 2. The van der Waals surface area contributed by atoms with Crippen molar-refractivity contribution in [1.82, 2.24) is 0 Å². The standard InChI is InChI=1S/C27H32O5/c1-5-30-23-18-27(25(28)31-6-2,26(29)32-7-3)17-22(23)24(20-11-9-8-10-12-20)21-15-13-19(4)14-16-21/h8-16,23H,5-7,17-18H2,1-4H3/b24-22+. The van der Waals surface area contributed by atoms with Crippen LogP contribution in [-0.2, 0) is 23.8 Å². The molecule has 1 unspecified atom stereocenters. The molecule has 2 aromatic rings. The van der Waals surface area contributed by atoms with Gasteiger partial charge < -0.3 is 14.2 Å². The summed E-state index contributed by atoms with van der Waals surface area (Å²) in [7, 11) is 0. The number of benzene rings is 2. The molecule has 3 rings (SSSR count). The second-order valence-corrected chi connectivity index (χ2v) is 7.98. The average molecular weight is 437 g/mol. The van der Waals surface area contributed by atoms with Crippen LogP contribution in [0.4, 0.5) is 0 Å². The molecule has 5 heteroatoms. The van der Waals surface area contributed by atoms with E-state index in [2.05, 4.69) is 24.3 Å². The quantitative estimate of drug-likeness (QED) is 0.425. The Morgan fingerprint density at radius 3 is 1.94 bits per heavy atom. The highest BCUT2D eigenvalue weighted by molar-refractivity contribution is 6.02. The summed E-state index contributed by atoms with van der Waals surface area (Å²) >= 11 is 0. The largest absolute Gasteiger partial charge is 0.465 e. The summed E-state index contributed by atoms with van der Waals surface area (Å²) in [5.74, 6) is -1.09. The van der Waals surface area contributed by atoms with Crippen molar-refractivity contribution in [3.05, 3.63) is 76.9 Å². The Kier molecular flexibility index (Phi) is 7.86. The van der Waals surface area contributed by atoms with Crippen molar-refractivity contribution in [3.8, 4) is 0 Å². The first kappa shape index (κ1) is 23.7. The number of carbonyl (C=O) groups is 2. The number of hydrogen-bond acceptors (Lipinski definition) is 5. The molecule has 0 heterocycles. The maximum Gasteiger partial charge on any atom is 0.323 e. The fourth-order valence-electron chi connectivity index (χ4n) is 4.36. The zero-order valence-corrected chi connectivity index (χ0v) is 19.4. The predicted octanol–water partition coefficient (Wildman–Crippen LogP) is 5.11. The van der Waals surface area contributed by atoms with E-state index in [1.165, 1.54) is 0 Å². The second-order valence-electron chi connectivity index (χ2n) is 7.98. The molecule has 0 bridgehead atoms. The van der Waals surface area contributed by atoms with Crippen LogP contribution >= 0.6 is 0 Å². The van der Waals surface area contributed by atoms with Gasteiger partial charge in [0, 0.05) is 13.0 Å². The van der Waals surface area contributed by atoms with Crippen LogP contribution in [0, 0.1) is 12.3 Å². The fraction of sp³-hybridized carbons (Fsp3) is 0.407. The minimum Gasteiger partial charge on any atom is -0.465 e. The van der Waals surface area contributed by atoms with E-state index in [0.717, 1.165) is 27.8 Å². The zero-order valence-electron chi connectivity index (χ0n) is 19.4. The molecular weight excluding hydrogens is 404 g/mol. The maximum absolute atomic E-state index is 13.1. The van der Waals surface area contributed by atoms with E-state index in [0.29, 0.717) is 6.61 Å². The zero-order chi connectivity index (χ0) is 23.1. The minimum absolute atomic E-state index is 0.196. The van der Waals surface area contributed by atoms with Crippen LogP contribution in [0.15, 0.2) is 60.2 Å². The molecule has 1 aliphatic carbocycles. The lowest BCUT2D eigenvalue weighted by Crippen LogP contribution is -2.40. The van der Waals surface area contributed by atoms with Gasteiger partial charge in [-0.05, 0) is 56.4 Å². The van der Waals surface area contributed by atoms with Crippen molar-refractivity contribution in [3.63, 3.8) is 0 Å². The van der Waals surface area contributed by atoms with E-state index in [-0.39, 0.29) is 26.1 Å².